The maximum absolute atomic E-state index is 13.1. The van der Waals surface area contributed by atoms with Crippen molar-refractivity contribution in [3.63, 3.8) is 0 Å². The van der Waals surface area contributed by atoms with Gasteiger partial charge in [0.05, 0.1) is 11.3 Å². The fraction of sp³-hybridized carbons (Fsp3) is 0.167. The van der Waals surface area contributed by atoms with Crippen molar-refractivity contribution in [1.29, 1.82) is 0 Å². The van der Waals surface area contributed by atoms with Crippen molar-refractivity contribution in [2.24, 2.45) is 0 Å². The second-order valence-corrected chi connectivity index (χ2v) is 4.58. The third kappa shape index (κ3) is 2.89. The van der Waals surface area contributed by atoms with Gasteiger partial charge in [-0.1, -0.05) is 11.8 Å². The fourth-order valence-electron chi connectivity index (χ4n) is 1.43. The molecule has 1 aromatic carbocycles. The summed E-state index contributed by atoms with van der Waals surface area (Å²) in [6.07, 6.45) is 1.51. The van der Waals surface area contributed by atoms with Crippen molar-refractivity contribution < 1.29 is 18.7 Å². The number of halogens is 1. The normalized spacial score (nSPS) is 10.6. The van der Waals surface area contributed by atoms with Crippen molar-refractivity contribution in [2.45, 2.75) is 17.9 Å². The number of hydrogen-bond acceptors (Lipinski definition) is 4. The van der Waals surface area contributed by atoms with Crippen molar-refractivity contribution in [1.82, 2.24) is 4.98 Å². The number of carboxylic acids is 1. The van der Waals surface area contributed by atoms with Crippen LogP contribution in [-0.2, 0) is 5.75 Å². The number of aromatic carboxylic acids is 1. The Bertz CT molecular complexity index is 582. The van der Waals surface area contributed by atoms with E-state index in [2.05, 4.69) is 4.98 Å². The largest absolute Gasteiger partial charge is 0.478 e. The second-order valence-electron chi connectivity index (χ2n) is 3.65. The first-order chi connectivity index (χ1) is 8.56. The molecule has 0 saturated heterocycles. The summed E-state index contributed by atoms with van der Waals surface area (Å²) in [6.45, 7) is 1.79. The van der Waals surface area contributed by atoms with Crippen molar-refractivity contribution in [3.8, 4) is 0 Å². The van der Waals surface area contributed by atoms with Crippen LogP contribution in [0.2, 0.25) is 0 Å². The minimum Gasteiger partial charge on any atom is -0.478 e. The monoisotopic (exact) mass is 267 g/mol. The van der Waals surface area contributed by atoms with Crippen LogP contribution in [0.5, 0.6) is 0 Å². The van der Waals surface area contributed by atoms with Gasteiger partial charge in [-0.05, 0) is 30.7 Å². The molecule has 4 nitrogen and oxygen atoms in total. The van der Waals surface area contributed by atoms with Gasteiger partial charge in [0.15, 0.2) is 0 Å². The molecule has 0 aliphatic carbocycles. The Hall–Kier alpha value is -1.82. The van der Waals surface area contributed by atoms with Gasteiger partial charge in [0, 0.05) is 5.75 Å². The molecule has 0 atom stereocenters. The molecule has 0 radical (unpaired) electrons. The van der Waals surface area contributed by atoms with Crippen LogP contribution in [0, 0.1) is 12.7 Å². The van der Waals surface area contributed by atoms with Gasteiger partial charge < -0.3 is 9.52 Å². The number of nitrogens with zero attached hydrogens (tertiary/aromatic N) is 1. The lowest BCUT2D eigenvalue weighted by atomic mass is 10.1. The zero-order chi connectivity index (χ0) is 13.1. The van der Waals surface area contributed by atoms with E-state index in [0.717, 1.165) is 11.8 Å². The van der Waals surface area contributed by atoms with E-state index in [9.17, 15) is 9.18 Å². The summed E-state index contributed by atoms with van der Waals surface area (Å²) < 4.78 is 18.2. The van der Waals surface area contributed by atoms with Gasteiger partial charge in [0.2, 0.25) is 0 Å². The third-order valence-electron chi connectivity index (χ3n) is 2.25. The minimum absolute atomic E-state index is 0.0900. The van der Waals surface area contributed by atoms with Crippen LogP contribution in [0.4, 0.5) is 4.39 Å². The predicted molar refractivity (Wildman–Crippen MR) is 64.2 cm³/mol. The van der Waals surface area contributed by atoms with Crippen LogP contribution in [0.25, 0.3) is 0 Å². The third-order valence-corrected chi connectivity index (χ3v) is 3.14. The Morgan fingerprint density at radius 1 is 1.56 bits per heavy atom. The summed E-state index contributed by atoms with van der Waals surface area (Å²) in [5.74, 6) is -1.24. The van der Waals surface area contributed by atoms with Gasteiger partial charge in [-0.3, -0.25) is 0 Å². The predicted octanol–water partition coefficient (Wildman–Crippen LogP) is 3.11. The van der Waals surface area contributed by atoms with Crippen LogP contribution >= 0.6 is 11.8 Å². The van der Waals surface area contributed by atoms with Gasteiger partial charge in [-0.25, -0.2) is 14.2 Å². The van der Waals surface area contributed by atoms with Crippen molar-refractivity contribution in [2.75, 3.05) is 0 Å². The number of aryl methyl sites for hydroxylation is 1. The number of rotatable bonds is 4. The molecule has 2 rings (SSSR count). The Kier molecular flexibility index (Phi) is 3.66. The minimum atomic E-state index is -1.07. The zero-order valence-corrected chi connectivity index (χ0v) is 10.3. The highest BCUT2D eigenvalue weighted by atomic mass is 32.2. The molecule has 6 heteroatoms. The number of aromatic nitrogens is 1. The van der Waals surface area contributed by atoms with E-state index < -0.39 is 11.8 Å². The summed E-state index contributed by atoms with van der Waals surface area (Å²) in [6, 6.07) is 3.60. The maximum Gasteiger partial charge on any atom is 0.335 e. The van der Waals surface area contributed by atoms with E-state index in [0.29, 0.717) is 16.5 Å². The molecule has 1 aromatic heterocycles. The molecule has 1 N–H and O–H groups in total. The molecular formula is C12H10FNO3S. The van der Waals surface area contributed by atoms with Crippen LogP contribution in [-0.4, -0.2) is 16.1 Å². The van der Waals surface area contributed by atoms with Gasteiger partial charge in [0.1, 0.15) is 12.1 Å². The Balaban J connectivity index is 2.17. The van der Waals surface area contributed by atoms with E-state index >= 15 is 0 Å². The van der Waals surface area contributed by atoms with E-state index in [1.807, 2.05) is 0 Å². The lowest BCUT2D eigenvalue weighted by molar-refractivity contribution is 0.0696. The lowest BCUT2D eigenvalue weighted by Gasteiger charge is -2.04. The van der Waals surface area contributed by atoms with E-state index in [1.165, 1.54) is 30.2 Å². The molecule has 0 fully saturated rings. The first kappa shape index (κ1) is 12.6. The van der Waals surface area contributed by atoms with E-state index in [4.69, 9.17) is 9.52 Å². The molecule has 0 unspecified atom stereocenters. The second kappa shape index (κ2) is 5.22. The summed E-state index contributed by atoms with van der Waals surface area (Å²) in [4.78, 5) is 15.1. The number of benzene rings is 1. The summed E-state index contributed by atoms with van der Waals surface area (Å²) in [7, 11) is 0. The molecule has 1 heterocycles. The number of hydrogen-bond donors (Lipinski definition) is 1. The average molecular weight is 267 g/mol. The summed E-state index contributed by atoms with van der Waals surface area (Å²) >= 11 is 1.23. The van der Waals surface area contributed by atoms with Gasteiger partial charge in [0.25, 0.3) is 5.22 Å². The molecule has 0 amide bonds. The smallest absolute Gasteiger partial charge is 0.335 e. The van der Waals surface area contributed by atoms with Crippen LogP contribution in [0.1, 0.15) is 21.6 Å². The Morgan fingerprint density at radius 3 is 2.94 bits per heavy atom. The molecule has 0 spiro atoms. The number of carbonyl (C=O) groups is 1. The first-order valence-corrected chi connectivity index (χ1v) is 6.11. The number of carboxylic acid groups (broad SMARTS) is 1. The van der Waals surface area contributed by atoms with Gasteiger partial charge >= 0.3 is 5.97 Å². The molecule has 0 saturated carbocycles. The highest BCUT2D eigenvalue weighted by Crippen LogP contribution is 2.24. The zero-order valence-electron chi connectivity index (χ0n) is 9.51. The Labute approximate surface area is 107 Å². The van der Waals surface area contributed by atoms with Gasteiger partial charge in [-0.2, -0.15) is 0 Å². The SMILES string of the molecule is Cc1coc(SCc2cc(F)ccc2C(=O)O)n1. The standard InChI is InChI=1S/C12H10FNO3S/c1-7-5-17-12(14-7)18-6-8-4-9(13)2-3-10(8)11(15)16/h2-5H,6H2,1H3,(H,15,16). The van der Waals surface area contributed by atoms with E-state index in [-0.39, 0.29) is 5.56 Å². The van der Waals surface area contributed by atoms with Crippen molar-refractivity contribution >= 4 is 17.7 Å². The molecule has 18 heavy (non-hydrogen) atoms. The van der Waals surface area contributed by atoms with Crippen molar-refractivity contribution in [3.05, 3.63) is 47.1 Å². The van der Waals surface area contributed by atoms with Crippen LogP contribution < -0.4 is 0 Å². The molecule has 0 bridgehead atoms. The van der Waals surface area contributed by atoms with E-state index in [1.54, 1.807) is 6.92 Å². The Morgan fingerprint density at radius 2 is 2.33 bits per heavy atom. The number of oxazole rings is 1. The highest BCUT2D eigenvalue weighted by molar-refractivity contribution is 7.98. The number of thioether (sulfide) groups is 1. The van der Waals surface area contributed by atoms with Crippen LogP contribution in [0.15, 0.2) is 34.1 Å². The highest BCUT2D eigenvalue weighted by Gasteiger charge is 2.12. The molecule has 2 aromatic rings. The van der Waals surface area contributed by atoms with Gasteiger partial charge in [-0.15, -0.1) is 0 Å². The average Bonchev–Trinajstić information content (AvgIpc) is 2.72. The maximum atomic E-state index is 13.1. The molecule has 0 aliphatic rings. The fourth-order valence-corrected chi connectivity index (χ4v) is 2.27. The summed E-state index contributed by atoms with van der Waals surface area (Å²) in [5, 5.41) is 9.43. The first-order valence-electron chi connectivity index (χ1n) is 5.13. The summed E-state index contributed by atoms with van der Waals surface area (Å²) in [5.41, 5.74) is 1.24. The van der Waals surface area contributed by atoms with Crippen LogP contribution in [0.3, 0.4) is 0 Å². The lowest BCUT2D eigenvalue weighted by Crippen LogP contribution is -2.02. The molecule has 94 valence electrons. The quantitative estimate of drug-likeness (QED) is 0.862. The molecule has 0 aliphatic heterocycles. The molecular weight excluding hydrogens is 257 g/mol. The topological polar surface area (TPSA) is 63.3 Å².